The maximum absolute atomic E-state index is 12.5. The molecule has 1 N–H and O–H groups in total. The minimum absolute atomic E-state index is 0.0410. The lowest BCUT2D eigenvalue weighted by Crippen LogP contribution is -2.37. The van der Waals surface area contributed by atoms with Crippen LogP contribution in [0.1, 0.15) is 43.4 Å². The zero-order valence-electron chi connectivity index (χ0n) is 16.1. The smallest absolute Gasteiger partial charge is 0.422 e. The number of rotatable bonds is 4. The van der Waals surface area contributed by atoms with Gasteiger partial charge < -0.3 is 9.72 Å². The Morgan fingerprint density at radius 3 is 2.71 bits per heavy atom. The molecule has 3 rings (SSSR count). The lowest BCUT2D eigenvalue weighted by Gasteiger charge is -2.29. The van der Waals surface area contributed by atoms with E-state index in [1.54, 1.807) is 12.1 Å². The highest BCUT2D eigenvalue weighted by atomic mass is 19.4. The van der Waals surface area contributed by atoms with Gasteiger partial charge in [0, 0.05) is 43.2 Å². The Hall–Kier alpha value is -2.42. The third kappa shape index (κ3) is 4.89. The molecule has 3 heterocycles. The second-order valence-corrected chi connectivity index (χ2v) is 7.92. The van der Waals surface area contributed by atoms with Gasteiger partial charge >= 0.3 is 6.18 Å². The molecule has 0 spiro atoms. The maximum Gasteiger partial charge on any atom is 0.422 e. The highest BCUT2D eigenvalue weighted by Crippen LogP contribution is 2.24. The van der Waals surface area contributed by atoms with Gasteiger partial charge in [-0.3, -0.25) is 9.69 Å². The highest BCUT2D eigenvalue weighted by molar-refractivity contribution is 5.27. The fraction of sp³-hybridized carbons (Fsp3) is 0.526. The van der Waals surface area contributed by atoms with Crippen LogP contribution >= 0.6 is 0 Å². The van der Waals surface area contributed by atoms with Crippen LogP contribution in [-0.2, 0) is 24.9 Å². The van der Waals surface area contributed by atoms with E-state index < -0.39 is 12.8 Å². The molecule has 0 unspecified atom stereocenters. The summed E-state index contributed by atoms with van der Waals surface area (Å²) in [6.45, 7) is 5.91. The van der Waals surface area contributed by atoms with Gasteiger partial charge in [0.25, 0.3) is 5.56 Å². The van der Waals surface area contributed by atoms with Crippen LogP contribution < -0.4 is 10.3 Å². The van der Waals surface area contributed by atoms with Crippen LogP contribution in [0, 0.1) is 0 Å². The van der Waals surface area contributed by atoms with Crippen molar-refractivity contribution in [1.29, 1.82) is 0 Å². The van der Waals surface area contributed by atoms with E-state index in [-0.39, 0.29) is 16.9 Å². The molecule has 152 valence electrons. The van der Waals surface area contributed by atoms with Crippen LogP contribution in [-0.4, -0.2) is 39.2 Å². The number of halogens is 3. The number of H-pyrrole nitrogens is 1. The van der Waals surface area contributed by atoms with Crippen LogP contribution in [0.4, 0.5) is 13.2 Å². The molecule has 0 aromatic carbocycles. The third-order valence-corrected chi connectivity index (χ3v) is 4.47. The quantitative estimate of drug-likeness (QED) is 0.861. The van der Waals surface area contributed by atoms with E-state index in [9.17, 15) is 18.0 Å². The number of hydrogen-bond acceptors (Lipinski definition) is 5. The predicted octanol–water partition coefficient (Wildman–Crippen LogP) is 2.96. The van der Waals surface area contributed by atoms with Gasteiger partial charge in [0.1, 0.15) is 5.82 Å². The van der Waals surface area contributed by atoms with E-state index in [2.05, 4.69) is 15.0 Å². The number of hydrogen-bond donors (Lipinski definition) is 1. The summed E-state index contributed by atoms with van der Waals surface area (Å²) in [5.41, 5.74) is 1.50. The van der Waals surface area contributed by atoms with Gasteiger partial charge in [-0.25, -0.2) is 9.97 Å². The Bertz CT molecular complexity index is 903. The lowest BCUT2D eigenvalue weighted by molar-refractivity contribution is -0.154. The summed E-state index contributed by atoms with van der Waals surface area (Å²) in [6.07, 6.45) is -2.44. The highest BCUT2D eigenvalue weighted by Gasteiger charge is 2.30. The van der Waals surface area contributed by atoms with Crippen molar-refractivity contribution < 1.29 is 17.9 Å². The van der Waals surface area contributed by atoms with Crippen molar-refractivity contribution >= 4 is 0 Å². The molecule has 0 saturated heterocycles. The van der Waals surface area contributed by atoms with E-state index in [1.165, 1.54) is 6.20 Å². The summed E-state index contributed by atoms with van der Waals surface area (Å²) in [6, 6.07) is 3.33. The first-order chi connectivity index (χ1) is 13.0. The monoisotopic (exact) mass is 396 g/mol. The van der Waals surface area contributed by atoms with Crippen molar-refractivity contribution in [3.05, 3.63) is 51.3 Å². The summed E-state index contributed by atoms with van der Waals surface area (Å²) in [7, 11) is 0. The standard InChI is InChI=1S/C19H23F3N4O2/c1-18(2,3)17-24-14-6-8-26(10-13(14)15(27)25-17)9-12-5-4-7-23-16(12)28-11-19(20,21)22/h4-5,7H,6,8-11H2,1-3H3,(H,24,25,27). The van der Waals surface area contributed by atoms with E-state index in [1.807, 2.05) is 25.7 Å². The minimum atomic E-state index is -4.43. The Morgan fingerprint density at radius 2 is 2.04 bits per heavy atom. The van der Waals surface area contributed by atoms with Crippen LogP contribution in [0.2, 0.25) is 0 Å². The van der Waals surface area contributed by atoms with E-state index in [0.717, 1.165) is 5.69 Å². The van der Waals surface area contributed by atoms with Gasteiger partial charge in [-0.2, -0.15) is 13.2 Å². The van der Waals surface area contributed by atoms with Crippen molar-refractivity contribution in [1.82, 2.24) is 19.9 Å². The number of alkyl halides is 3. The molecule has 0 aliphatic carbocycles. The van der Waals surface area contributed by atoms with E-state index in [4.69, 9.17) is 4.74 Å². The van der Waals surface area contributed by atoms with Crippen LogP contribution in [0.5, 0.6) is 5.88 Å². The minimum Gasteiger partial charge on any atom is -0.468 e. The van der Waals surface area contributed by atoms with Crippen molar-refractivity contribution in [3.63, 3.8) is 0 Å². The number of nitrogens with one attached hydrogen (secondary N) is 1. The fourth-order valence-electron chi connectivity index (χ4n) is 3.04. The van der Waals surface area contributed by atoms with Crippen LogP contribution in [0.3, 0.4) is 0 Å². The molecule has 1 aliphatic heterocycles. The molecule has 1 aliphatic rings. The van der Waals surface area contributed by atoms with Crippen molar-refractivity contribution in [2.24, 2.45) is 0 Å². The molecule has 2 aromatic heterocycles. The number of pyridine rings is 1. The topological polar surface area (TPSA) is 71.1 Å². The Morgan fingerprint density at radius 1 is 1.29 bits per heavy atom. The summed E-state index contributed by atoms with van der Waals surface area (Å²) in [4.78, 5) is 25.9. The molecule has 0 fully saturated rings. The third-order valence-electron chi connectivity index (χ3n) is 4.47. The lowest BCUT2D eigenvalue weighted by atomic mass is 9.95. The summed E-state index contributed by atoms with van der Waals surface area (Å²) in [5.74, 6) is 0.612. The summed E-state index contributed by atoms with van der Waals surface area (Å²) in [5, 5.41) is 0. The second kappa shape index (κ2) is 7.54. The van der Waals surface area contributed by atoms with Crippen molar-refractivity contribution in [2.45, 2.75) is 51.9 Å². The second-order valence-electron chi connectivity index (χ2n) is 7.92. The van der Waals surface area contributed by atoms with Crippen molar-refractivity contribution in [2.75, 3.05) is 13.2 Å². The Balaban J connectivity index is 1.76. The van der Waals surface area contributed by atoms with Crippen LogP contribution in [0.25, 0.3) is 0 Å². The number of aromatic nitrogens is 3. The van der Waals surface area contributed by atoms with Gasteiger partial charge in [-0.1, -0.05) is 26.8 Å². The number of ether oxygens (including phenoxy) is 1. The van der Waals surface area contributed by atoms with Gasteiger partial charge in [0.05, 0.1) is 11.3 Å². The zero-order chi connectivity index (χ0) is 20.5. The Labute approximate surface area is 160 Å². The zero-order valence-corrected chi connectivity index (χ0v) is 16.1. The number of fused-ring (bicyclic) bond motifs is 1. The molecule has 0 atom stereocenters. The maximum atomic E-state index is 12.5. The number of nitrogens with zero attached hydrogens (tertiary/aromatic N) is 3. The average Bonchev–Trinajstić information content (AvgIpc) is 2.60. The molecule has 9 heteroatoms. The van der Waals surface area contributed by atoms with Crippen molar-refractivity contribution in [3.8, 4) is 5.88 Å². The first kappa shape index (κ1) is 20.3. The van der Waals surface area contributed by atoms with E-state index >= 15 is 0 Å². The largest absolute Gasteiger partial charge is 0.468 e. The van der Waals surface area contributed by atoms with Gasteiger partial charge in [-0.15, -0.1) is 0 Å². The van der Waals surface area contributed by atoms with Crippen LogP contribution in [0.15, 0.2) is 23.1 Å². The first-order valence-corrected chi connectivity index (χ1v) is 9.01. The molecule has 2 aromatic rings. The SMILES string of the molecule is CC(C)(C)c1nc2c(c(=O)[nH]1)CN(Cc1cccnc1OCC(F)(F)F)CC2. The van der Waals surface area contributed by atoms with Gasteiger partial charge in [0.15, 0.2) is 6.61 Å². The molecule has 0 radical (unpaired) electrons. The molecule has 28 heavy (non-hydrogen) atoms. The number of aromatic amines is 1. The van der Waals surface area contributed by atoms with Gasteiger partial charge in [0.2, 0.25) is 5.88 Å². The van der Waals surface area contributed by atoms with E-state index in [0.29, 0.717) is 43.0 Å². The average molecular weight is 396 g/mol. The predicted molar refractivity (Wildman–Crippen MR) is 97.2 cm³/mol. The molecular formula is C19H23F3N4O2. The summed E-state index contributed by atoms with van der Waals surface area (Å²) < 4.78 is 42.2. The first-order valence-electron chi connectivity index (χ1n) is 9.01. The molecule has 6 nitrogen and oxygen atoms in total. The molecule has 0 bridgehead atoms. The molecular weight excluding hydrogens is 373 g/mol. The Kier molecular flexibility index (Phi) is 5.47. The fourth-order valence-corrected chi connectivity index (χ4v) is 3.04. The van der Waals surface area contributed by atoms with Gasteiger partial charge in [-0.05, 0) is 6.07 Å². The molecule has 0 amide bonds. The normalized spacial score (nSPS) is 15.4. The summed E-state index contributed by atoms with van der Waals surface area (Å²) >= 11 is 0. The molecule has 0 saturated carbocycles.